The predicted octanol–water partition coefficient (Wildman–Crippen LogP) is 2.19. The molecule has 0 saturated heterocycles. The zero-order valence-electron chi connectivity index (χ0n) is 20.1. The number of nitro groups is 1. The second kappa shape index (κ2) is 11.7. The van der Waals surface area contributed by atoms with Gasteiger partial charge in [-0.15, -0.1) is 0 Å². The summed E-state index contributed by atoms with van der Waals surface area (Å²) in [6.07, 6.45) is -0.376. The molecule has 2 aromatic rings. The van der Waals surface area contributed by atoms with E-state index in [4.69, 9.17) is 19.7 Å². The minimum atomic E-state index is -4.51. The molecule has 0 amide bonds. The number of carboxylic acid groups (broad SMARTS) is 2. The molecule has 0 fully saturated rings. The molecule has 1 heterocycles. The number of sulfonamides is 1. The Labute approximate surface area is 211 Å². The molecule has 200 valence electrons. The fraction of sp³-hybridized carbons (Fsp3) is 0.364. The Morgan fingerprint density at radius 2 is 1.62 bits per heavy atom. The summed E-state index contributed by atoms with van der Waals surface area (Å²) < 4.78 is 38.0. The van der Waals surface area contributed by atoms with E-state index in [1.54, 1.807) is 20.8 Å². The molecular formula is C22H25N3O11S. The average Bonchev–Trinajstić information content (AvgIpc) is 2.79. The van der Waals surface area contributed by atoms with Gasteiger partial charge in [0.15, 0.2) is 16.3 Å². The van der Waals surface area contributed by atoms with Crippen LogP contribution in [0, 0.1) is 10.1 Å². The summed E-state index contributed by atoms with van der Waals surface area (Å²) in [7, 11) is -4.51. The number of aromatic carboxylic acids is 2. The van der Waals surface area contributed by atoms with Gasteiger partial charge in [0, 0.05) is 31.3 Å². The monoisotopic (exact) mass is 539 g/mol. The van der Waals surface area contributed by atoms with Crippen molar-refractivity contribution < 1.29 is 47.4 Å². The third-order valence-electron chi connectivity index (χ3n) is 4.51. The largest absolute Gasteiger partial charge is 0.492 e. The lowest BCUT2D eigenvalue weighted by Gasteiger charge is -2.24. The Balaban J connectivity index is 2.32. The molecule has 14 nitrogen and oxygen atoms in total. The van der Waals surface area contributed by atoms with Crippen molar-refractivity contribution in [1.29, 1.82) is 0 Å². The number of ether oxygens (including phenoxy) is 2. The van der Waals surface area contributed by atoms with Gasteiger partial charge in [-0.1, -0.05) is 12.1 Å². The SMILES string of the molecule is CC(C)(C)OC(=O)CCN(CCOc1cc(C(=O)O)nc(C(=O)O)c1)S(=O)(=O)c1ccccc1[N+](=O)[O-]. The number of benzene rings is 1. The zero-order chi connectivity index (χ0) is 28.0. The summed E-state index contributed by atoms with van der Waals surface area (Å²) >= 11 is 0. The van der Waals surface area contributed by atoms with E-state index in [1.165, 1.54) is 12.1 Å². The van der Waals surface area contributed by atoms with E-state index in [0.29, 0.717) is 0 Å². The minimum Gasteiger partial charge on any atom is -0.492 e. The number of esters is 1. The molecule has 0 aliphatic rings. The topological polar surface area (TPSA) is 204 Å². The van der Waals surface area contributed by atoms with Gasteiger partial charge < -0.3 is 19.7 Å². The fourth-order valence-corrected chi connectivity index (χ4v) is 4.58. The Kier molecular flexibility index (Phi) is 9.25. The van der Waals surface area contributed by atoms with E-state index in [1.807, 2.05) is 0 Å². The predicted molar refractivity (Wildman–Crippen MR) is 126 cm³/mol. The zero-order valence-corrected chi connectivity index (χ0v) is 20.9. The number of nitro benzene ring substituents is 1. The maximum atomic E-state index is 13.3. The van der Waals surface area contributed by atoms with E-state index < -0.39 is 80.1 Å². The van der Waals surface area contributed by atoms with Crippen LogP contribution in [0.3, 0.4) is 0 Å². The summed E-state index contributed by atoms with van der Waals surface area (Å²) in [5, 5.41) is 29.7. The van der Waals surface area contributed by atoms with E-state index in [0.717, 1.165) is 28.6 Å². The Morgan fingerprint density at radius 3 is 2.14 bits per heavy atom. The van der Waals surface area contributed by atoms with Crippen LogP contribution in [0.4, 0.5) is 5.69 Å². The molecule has 0 radical (unpaired) electrons. The normalized spacial score (nSPS) is 11.7. The van der Waals surface area contributed by atoms with Crippen LogP contribution in [0.15, 0.2) is 41.3 Å². The third-order valence-corrected chi connectivity index (χ3v) is 6.46. The molecule has 0 aliphatic heterocycles. The minimum absolute atomic E-state index is 0.208. The van der Waals surface area contributed by atoms with Crippen molar-refractivity contribution in [1.82, 2.24) is 9.29 Å². The van der Waals surface area contributed by atoms with Crippen molar-refractivity contribution >= 4 is 33.6 Å². The highest BCUT2D eigenvalue weighted by molar-refractivity contribution is 7.89. The van der Waals surface area contributed by atoms with E-state index >= 15 is 0 Å². The summed E-state index contributed by atoms with van der Waals surface area (Å²) in [5.41, 5.74) is -2.71. The lowest BCUT2D eigenvalue weighted by Crippen LogP contribution is -2.37. The van der Waals surface area contributed by atoms with Gasteiger partial charge in [-0.05, 0) is 26.8 Å². The lowest BCUT2D eigenvalue weighted by molar-refractivity contribution is -0.387. The van der Waals surface area contributed by atoms with Crippen molar-refractivity contribution in [3.05, 3.63) is 57.9 Å². The highest BCUT2D eigenvalue weighted by atomic mass is 32.2. The molecule has 0 atom stereocenters. The first kappa shape index (κ1) is 29.1. The standard InChI is InChI=1S/C22H25N3O11S/c1-22(2,3)36-19(26)8-9-24(37(33,34)18-7-5-4-6-17(18)25(31)32)10-11-35-14-12-15(20(27)28)23-16(13-14)21(29)30/h4-7,12-13H,8-11H2,1-3H3,(H,27,28)(H,29,30). The van der Waals surface area contributed by atoms with Gasteiger partial charge in [-0.3, -0.25) is 14.9 Å². The first-order chi connectivity index (χ1) is 17.1. The van der Waals surface area contributed by atoms with Crippen molar-refractivity contribution in [2.24, 2.45) is 0 Å². The smallest absolute Gasteiger partial charge is 0.354 e. The number of hydrogen-bond acceptors (Lipinski definition) is 10. The summed E-state index contributed by atoms with van der Waals surface area (Å²) in [6, 6.07) is 6.59. The number of nitrogens with zero attached hydrogens (tertiary/aromatic N) is 3. The van der Waals surface area contributed by atoms with Crippen LogP contribution in [0.1, 0.15) is 48.2 Å². The molecule has 1 aromatic carbocycles. The number of carboxylic acids is 2. The van der Waals surface area contributed by atoms with Gasteiger partial charge in [-0.25, -0.2) is 23.0 Å². The summed E-state index contributed by atoms with van der Waals surface area (Å²) in [4.78, 5) is 48.1. The van der Waals surface area contributed by atoms with Crippen molar-refractivity contribution in [2.45, 2.75) is 37.7 Å². The molecular weight excluding hydrogens is 514 g/mol. The summed E-state index contributed by atoms with van der Waals surface area (Å²) in [6.45, 7) is 3.63. The number of hydrogen-bond donors (Lipinski definition) is 2. The Bertz CT molecular complexity index is 1270. The van der Waals surface area contributed by atoms with Gasteiger partial charge in [0.05, 0.1) is 11.3 Å². The van der Waals surface area contributed by atoms with Gasteiger partial charge in [0.1, 0.15) is 18.0 Å². The average molecular weight is 540 g/mol. The first-order valence-electron chi connectivity index (χ1n) is 10.7. The summed E-state index contributed by atoms with van der Waals surface area (Å²) in [5.74, 6) is -3.93. The van der Waals surface area contributed by atoms with Crippen molar-refractivity contribution in [2.75, 3.05) is 19.7 Å². The second-order valence-corrected chi connectivity index (χ2v) is 10.4. The number of pyridine rings is 1. The molecule has 0 spiro atoms. The van der Waals surface area contributed by atoms with Crippen LogP contribution in [0.2, 0.25) is 0 Å². The number of carbonyl (C=O) groups is 3. The van der Waals surface area contributed by atoms with Gasteiger partial charge in [0.25, 0.3) is 5.69 Å². The Morgan fingerprint density at radius 1 is 1.05 bits per heavy atom. The first-order valence-corrected chi connectivity index (χ1v) is 12.1. The molecule has 1 aromatic heterocycles. The van der Waals surface area contributed by atoms with Crippen LogP contribution in [-0.2, 0) is 19.6 Å². The van der Waals surface area contributed by atoms with E-state index in [9.17, 15) is 32.9 Å². The molecule has 0 saturated carbocycles. The van der Waals surface area contributed by atoms with Crippen LogP contribution in [0.5, 0.6) is 5.75 Å². The molecule has 0 unspecified atom stereocenters. The lowest BCUT2D eigenvalue weighted by atomic mass is 10.2. The molecule has 15 heteroatoms. The Hall–Kier alpha value is -4.11. The maximum Gasteiger partial charge on any atom is 0.354 e. The highest BCUT2D eigenvalue weighted by Crippen LogP contribution is 2.26. The molecule has 2 rings (SSSR count). The van der Waals surface area contributed by atoms with Crippen LogP contribution in [-0.4, -0.2) is 76.0 Å². The van der Waals surface area contributed by atoms with E-state index in [-0.39, 0.29) is 12.2 Å². The third kappa shape index (κ3) is 8.22. The highest BCUT2D eigenvalue weighted by Gasteiger charge is 2.32. The van der Waals surface area contributed by atoms with Crippen LogP contribution in [0.25, 0.3) is 0 Å². The van der Waals surface area contributed by atoms with Crippen LogP contribution < -0.4 is 4.74 Å². The van der Waals surface area contributed by atoms with E-state index in [2.05, 4.69) is 4.98 Å². The number of carbonyl (C=O) groups excluding carboxylic acids is 1. The van der Waals surface area contributed by atoms with Gasteiger partial charge in [-0.2, -0.15) is 4.31 Å². The molecule has 37 heavy (non-hydrogen) atoms. The number of para-hydroxylation sites is 1. The quantitative estimate of drug-likeness (QED) is 0.226. The van der Waals surface area contributed by atoms with Gasteiger partial charge >= 0.3 is 17.9 Å². The van der Waals surface area contributed by atoms with Gasteiger partial charge in [0.2, 0.25) is 10.0 Å². The van der Waals surface area contributed by atoms with Crippen molar-refractivity contribution in [3.8, 4) is 5.75 Å². The number of aromatic nitrogens is 1. The van der Waals surface area contributed by atoms with Crippen LogP contribution >= 0.6 is 0 Å². The van der Waals surface area contributed by atoms with Crippen molar-refractivity contribution in [3.63, 3.8) is 0 Å². The fourth-order valence-electron chi connectivity index (χ4n) is 3.00. The second-order valence-electron chi connectivity index (χ2n) is 8.50. The molecule has 2 N–H and O–H groups in total. The molecule has 0 aliphatic carbocycles. The number of rotatable bonds is 12. The maximum absolute atomic E-state index is 13.3. The molecule has 0 bridgehead atoms.